The SMILES string of the molecule is CC(=O)[O-].CC(=O)[O-].COc1c(C(C)(C)C)cc(-c2ccc3ccc4ccc(-c5cc(C(C)(C)C)c(OC)c(C(C)(C)C)c5)nc4c3n2)cc1C(C)(C)C.[Co+2]. The van der Waals surface area contributed by atoms with Crippen LogP contribution in [0.15, 0.2) is 60.7 Å². The summed E-state index contributed by atoms with van der Waals surface area (Å²) in [5.74, 6) is -0.241. The molecule has 297 valence electrons. The predicted octanol–water partition coefficient (Wildman–Crippen LogP) is 8.83. The molecule has 9 heteroatoms. The first-order valence-corrected chi connectivity index (χ1v) is 18.2. The molecule has 0 aliphatic carbocycles. The van der Waals surface area contributed by atoms with E-state index in [1.165, 1.54) is 22.3 Å². The van der Waals surface area contributed by atoms with Gasteiger partial charge < -0.3 is 29.3 Å². The molecule has 2 aromatic heterocycles. The molecule has 0 unspecified atom stereocenters. The number of carboxylic acid groups (broad SMARTS) is 2. The maximum atomic E-state index is 8.89. The zero-order valence-electron chi connectivity index (χ0n) is 35.5. The van der Waals surface area contributed by atoms with E-state index in [1.807, 2.05) is 0 Å². The summed E-state index contributed by atoms with van der Waals surface area (Å²) in [5.41, 5.74) is 10.2. The van der Waals surface area contributed by atoms with Crippen LogP contribution in [0.5, 0.6) is 11.5 Å². The molecule has 1 radical (unpaired) electrons. The van der Waals surface area contributed by atoms with Crippen molar-refractivity contribution in [3.05, 3.63) is 82.9 Å². The molecular weight excluding hydrogens is 735 g/mol. The quantitative estimate of drug-likeness (QED) is 0.165. The summed E-state index contributed by atoms with van der Waals surface area (Å²) in [6.45, 7) is 28.8. The van der Waals surface area contributed by atoms with Gasteiger partial charge in [0.05, 0.1) is 36.6 Å². The van der Waals surface area contributed by atoms with Crippen LogP contribution < -0.4 is 19.7 Å². The molecule has 0 saturated carbocycles. The zero-order valence-corrected chi connectivity index (χ0v) is 36.5. The van der Waals surface area contributed by atoms with E-state index in [0.29, 0.717) is 0 Å². The monoisotopic (exact) mass is 793 g/mol. The molecule has 0 N–H and O–H groups in total. The number of rotatable bonds is 4. The number of carbonyl (C=O) groups excluding carboxylic acids is 2. The molecule has 5 aromatic rings. The molecule has 0 saturated heterocycles. The molecule has 0 aliphatic heterocycles. The number of fused-ring (bicyclic) bond motifs is 3. The predicted molar refractivity (Wildman–Crippen MR) is 217 cm³/mol. The van der Waals surface area contributed by atoms with Crippen molar-refractivity contribution in [1.82, 2.24) is 9.97 Å². The molecule has 0 aliphatic rings. The van der Waals surface area contributed by atoms with Crippen molar-refractivity contribution >= 4 is 33.7 Å². The van der Waals surface area contributed by atoms with Gasteiger partial charge in [-0.3, -0.25) is 0 Å². The first kappa shape index (κ1) is 46.7. The molecule has 55 heavy (non-hydrogen) atoms. The number of aliphatic carboxylic acids is 2. The van der Waals surface area contributed by atoms with Crippen molar-refractivity contribution in [2.24, 2.45) is 0 Å². The Labute approximate surface area is 338 Å². The fourth-order valence-corrected chi connectivity index (χ4v) is 6.31. The molecule has 0 bridgehead atoms. The van der Waals surface area contributed by atoms with Crippen molar-refractivity contribution in [3.63, 3.8) is 0 Å². The number of benzene rings is 3. The van der Waals surface area contributed by atoms with Crippen LogP contribution in [0.1, 0.15) is 119 Å². The van der Waals surface area contributed by atoms with Crippen LogP contribution in [-0.4, -0.2) is 36.1 Å². The van der Waals surface area contributed by atoms with Crippen LogP contribution >= 0.6 is 0 Å². The summed E-state index contributed by atoms with van der Waals surface area (Å²) in [4.78, 5) is 28.4. The first-order valence-electron chi connectivity index (χ1n) is 18.2. The molecule has 8 nitrogen and oxygen atoms in total. The van der Waals surface area contributed by atoms with Crippen LogP contribution in [0, 0.1) is 0 Å². The second-order valence-corrected chi connectivity index (χ2v) is 17.8. The maximum Gasteiger partial charge on any atom is 2.00 e. The van der Waals surface area contributed by atoms with Gasteiger partial charge in [-0.1, -0.05) is 107 Å². The molecule has 0 atom stereocenters. The Hall–Kier alpha value is -4.47. The van der Waals surface area contributed by atoms with Gasteiger partial charge in [-0.2, -0.15) is 0 Å². The number of pyridine rings is 2. The van der Waals surface area contributed by atoms with Gasteiger partial charge in [0.1, 0.15) is 11.5 Å². The third-order valence-electron chi connectivity index (χ3n) is 8.93. The summed E-state index contributed by atoms with van der Waals surface area (Å²) in [7, 11) is 3.56. The van der Waals surface area contributed by atoms with E-state index in [0.717, 1.165) is 69.7 Å². The molecule has 0 fully saturated rings. The minimum absolute atomic E-state index is 0. The average molecular weight is 794 g/mol. The third-order valence-corrected chi connectivity index (χ3v) is 8.93. The van der Waals surface area contributed by atoms with Gasteiger partial charge in [-0.15, -0.1) is 0 Å². The number of hydrogen-bond donors (Lipinski definition) is 0. The zero-order chi connectivity index (χ0) is 41.1. The van der Waals surface area contributed by atoms with Gasteiger partial charge in [0, 0.05) is 56.1 Å². The van der Waals surface area contributed by atoms with Crippen molar-refractivity contribution in [2.45, 2.75) is 119 Å². The fraction of sp³-hybridized carbons (Fsp3) is 0.435. The Balaban J connectivity index is 0.00000106. The second kappa shape index (κ2) is 17.5. The molecule has 0 amide bonds. The molecular formula is C46H58CoN2O6. The van der Waals surface area contributed by atoms with E-state index in [2.05, 4.69) is 144 Å². The Morgan fingerprint density at radius 2 is 0.709 bits per heavy atom. The van der Waals surface area contributed by atoms with E-state index in [1.54, 1.807) is 14.2 Å². The molecule has 5 rings (SSSR count). The van der Waals surface area contributed by atoms with Gasteiger partial charge in [0.25, 0.3) is 0 Å². The maximum absolute atomic E-state index is 8.89. The number of hydrogen-bond acceptors (Lipinski definition) is 8. The van der Waals surface area contributed by atoms with Crippen LogP contribution in [0.25, 0.3) is 44.3 Å². The van der Waals surface area contributed by atoms with Gasteiger partial charge in [0.15, 0.2) is 0 Å². The van der Waals surface area contributed by atoms with Gasteiger partial charge in [-0.25, -0.2) is 9.97 Å². The topological polar surface area (TPSA) is 124 Å². The summed E-state index contributed by atoms with van der Waals surface area (Å²) < 4.78 is 12.1. The van der Waals surface area contributed by atoms with Gasteiger partial charge >= 0.3 is 16.8 Å². The molecule has 3 aromatic carbocycles. The Kier molecular flexibility index (Phi) is 14.9. The number of carboxylic acids is 2. The van der Waals surface area contributed by atoms with Crippen molar-refractivity contribution in [2.75, 3.05) is 14.2 Å². The Bertz CT molecular complexity index is 1930. The normalized spacial score (nSPS) is 11.8. The smallest absolute Gasteiger partial charge is 0.550 e. The summed E-state index contributed by atoms with van der Waals surface area (Å²) >= 11 is 0. The van der Waals surface area contributed by atoms with Crippen LogP contribution in [0.4, 0.5) is 0 Å². The average Bonchev–Trinajstić information content (AvgIpc) is 3.04. The Morgan fingerprint density at radius 1 is 0.491 bits per heavy atom. The third kappa shape index (κ3) is 11.5. The molecule has 2 heterocycles. The number of nitrogens with zero attached hydrogens (tertiary/aromatic N) is 2. The fourth-order valence-electron chi connectivity index (χ4n) is 6.31. The number of methoxy groups -OCH3 is 2. The summed E-state index contributed by atoms with van der Waals surface area (Å²) in [6, 6.07) is 21.9. The first-order chi connectivity index (χ1) is 24.7. The van der Waals surface area contributed by atoms with Gasteiger partial charge in [-0.05, 0) is 71.9 Å². The van der Waals surface area contributed by atoms with Crippen LogP contribution in [0.2, 0.25) is 0 Å². The standard InChI is InChI=1S/C42H52N2O2.2C2H4O2.Co/c1-39(2,3)29-21-27(22-30(37(29)45-13)40(4,5)6)33-19-17-25-15-16-26-18-20-34(44-36(26)35(25)43-33)28-23-31(41(7,8)9)38(46-14)32(24-28)42(10,11)12;2*1-2(3)4;/h15-24H,1-14H3;2*1H3,(H,3,4);/q;;;+2/p-2. The second-order valence-electron chi connectivity index (χ2n) is 17.8. The van der Waals surface area contributed by atoms with E-state index < -0.39 is 11.9 Å². The number of aromatic nitrogens is 2. The largest absolute Gasteiger partial charge is 2.00 e. The van der Waals surface area contributed by atoms with Crippen molar-refractivity contribution < 1.29 is 46.1 Å². The summed E-state index contributed by atoms with van der Waals surface area (Å²) in [6.07, 6.45) is 0. The minimum Gasteiger partial charge on any atom is -0.550 e. The van der Waals surface area contributed by atoms with Gasteiger partial charge in [0.2, 0.25) is 0 Å². The van der Waals surface area contributed by atoms with Crippen LogP contribution in [-0.2, 0) is 48.0 Å². The van der Waals surface area contributed by atoms with E-state index >= 15 is 0 Å². The number of ether oxygens (including phenoxy) is 2. The van der Waals surface area contributed by atoms with Crippen molar-refractivity contribution in [3.8, 4) is 34.0 Å². The van der Waals surface area contributed by atoms with E-state index in [-0.39, 0.29) is 38.4 Å². The van der Waals surface area contributed by atoms with E-state index in [4.69, 9.17) is 39.2 Å². The van der Waals surface area contributed by atoms with E-state index in [9.17, 15) is 0 Å². The number of carbonyl (C=O) groups is 2. The Morgan fingerprint density at radius 3 is 0.909 bits per heavy atom. The van der Waals surface area contributed by atoms with Crippen LogP contribution in [0.3, 0.4) is 0 Å². The van der Waals surface area contributed by atoms with Crippen molar-refractivity contribution in [1.29, 1.82) is 0 Å². The summed E-state index contributed by atoms with van der Waals surface area (Å²) in [5, 5.41) is 19.9. The minimum atomic E-state index is -1.08. The molecule has 0 spiro atoms.